The smallest absolute Gasteiger partial charge is 0.0991 e. The van der Waals surface area contributed by atoms with Gasteiger partial charge < -0.3 is 4.74 Å². The molecule has 0 spiro atoms. The Balaban J connectivity index is 1.66. The van der Waals surface area contributed by atoms with Crippen molar-refractivity contribution in [2.75, 3.05) is 19.7 Å². The second kappa shape index (κ2) is 7.41. The van der Waals surface area contributed by atoms with E-state index in [1.165, 1.54) is 11.1 Å². The Morgan fingerprint density at radius 2 is 1.83 bits per heavy atom. The Morgan fingerprint density at radius 1 is 1.09 bits per heavy atom. The van der Waals surface area contributed by atoms with E-state index in [9.17, 15) is 0 Å². The molecule has 0 aliphatic carbocycles. The summed E-state index contributed by atoms with van der Waals surface area (Å²) in [5.74, 6) is 0. The fraction of sp³-hybridized carbons (Fsp3) is 0.350. The van der Waals surface area contributed by atoms with Crippen LogP contribution < -0.4 is 0 Å². The standard InChI is InChI=1S/C20H22N2O/c1-16(18-5-3-2-4-6-18)22-12-11-20(23-14-13-22)19-9-7-17(15-21)8-10-19/h2-10,16,20H,11-14H2,1H3. The molecule has 1 aliphatic heterocycles. The molecule has 0 amide bonds. The Bertz CT molecular complexity index is 660. The predicted molar refractivity (Wildman–Crippen MR) is 90.9 cm³/mol. The molecule has 2 aromatic carbocycles. The van der Waals surface area contributed by atoms with E-state index in [0.717, 1.165) is 26.1 Å². The average Bonchev–Trinajstić information content (AvgIpc) is 2.88. The van der Waals surface area contributed by atoms with Gasteiger partial charge in [0.15, 0.2) is 0 Å². The number of benzene rings is 2. The minimum absolute atomic E-state index is 0.121. The number of hydrogen-bond acceptors (Lipinski definition) is 3. The van der Waals surface area contributed by atoms with Crippen molar-refractivity contribution in [2.45, 2.75) is 25.5 Å². The molecule has 2 unspecified atom stereocenters. The molecule has 3 rings (SSSR count). The number of nitrogens with zero attached hydrogens (tertiary/aromatic N) is 2. The minimum Gasteiger partial charge on any atom is -0.372 e. The summed E-state index contributed by atoms with van der Waals surface area (Å²) in [6.45, 7) is 4.96. The molecule has 2 aromatic rings. The van der Waals surface area contributed by atoms with Gasteiger partial charge in [0.25, 0.3) is 0 Å². The molecule has 0 saturated carbocycles. The van der Waals surface area contributed by atoms with Crippen LogP contribution in [0.15, 0.2) is 54.6 Å². The predicted octanol–water partition coefficient (Wildman–Crippen LogP) is 4.08. The van der Waals surface area contributed by atoms with Gasteiger partial charge in [0.2, 0.25) is 0 Å². The van der Waals surface area contributed by atoms with Crippen LogP contribution in [0, 0.1) is 11.3 Å². The summed E-state index contributed by atoms with van der Waals surface area (Å²) in [5, 5.41) is 8.90. The highest BCUT2D eigenvalue weighted by atomic mass is 16.5. The highest BCUT2D eigenvalue weighted by Crippen LogP contribution is 2.28. The van der Waals surface area contributed by atoms with Crippen LogP contribution in [-0.4, -0.2) is 24.6 Å². The molecule has 3 nitrogen and oxygen atoms in total. The highest BCUT2D eigenvalue weighted by Gasteiger charge is 2.22. The summed E-state index contributed by atoms with van der Waals surface area (Å²) in [6, 6.07) is 21.0. The van der Waals surface area contributed by atoms with E-state index in [-0.39, 0.29) is 6.10 Å². The van der Waals surface area contributed by atoms with Crippen LogP contribution >= 0.6 is 0 Å². The average molecular weight is 306 g/mol. The van der Waals surface area contributed by atoms with Crippen molar-refractivity contribution in [1.29, 1.82) is 5.26 Å². The van der Waals surface area contributed by atoms with Gasteiger partial charge in [-0.25, -0.2) is 0 Å². The molecule has 23 heavy (non-hydrogen) atoms. The third-order valence-corrected chi connectivity index (χ3v) is 4.62. The van der Waals surface area contributed by atoms with Gasteiger partial charge in [-0.2, -0.15) is 5.26 Å². The zero-order valence-electron chi connectivity index (χ0n) is 13.5. The normalized spacial score (nSPS) is 20.4. The first kappa shape index (κ1) is 15.7. The lowest BCUT2D eigenvalue weighted by molar-refractivity contribution is 0.0605. The van der Waals surface area contributed by atoms with Crippen molar-refractivity contribution < 1.29 is 4.74 Å². The number of hydrogen-bond donors (Lipinski definition) is 0. The molecule has 0 radical (unpaired) electrons. The van der Waals surface area contributed by atoms with Crippen molar-refractivity contribution in [1.82, 2.24) is 4.90 Å². The van der Waals surface area contributed by atoms with E-state index in [2.05, 4.69) is 48.2 Å². The molecule has 3 heteroatoms. The van der Waals surface area contributed by atoms with E-state index < -0.39 is 0 Å². The second-order valence-electron chi connectivity index (χ2n) is 6.00. The molecule has 118 valence electrons. The van der Waals surface area contributed by atoms with Crippen molar-refractivity contribution >= 4 is 0 Å². The maximum absolute atomic E-state index is 8.90. The van der Waals surface area contributed by atoms with Crippen molar-refractivity contribution in [3.05, 3.63) is 71.3 Å². The summed E-state index contributed by atoms with van der Waals surface area (Å²) in [7, 11) is 0. The zero-order chi connectivity index (χ0) is 16.1. The molecular formula is C20H22N2O. The monoisotopic (exact) mass is 306 g/mol. The molecule has 1 heterocycles. The Labute approximate surface area is 138 Å². The van der Waals surface area contributed by atoms with Gasteiger partial charge in [0.1, 0.15) is 0 Å². The highest BCUT2D eigenvalue weighted by molar-refractivity contribution is 5.32. The zero-order valence-corrected chi connectivity index (χ0v) is 13.5. The first-order valence-corrected chi connectivity index (χ1v) is 8.18. The van der Waals surface area contributed by atoms with Crippen LogP contribution in [0.3, 0.4) is 0 Å². The van der Waals surface area contributed by atoms with Crippen LogP contribution in [0.25, 0.3) is 0 Å². The molecular weight excluding hydrogens is 284 g/mol. The third kappa shape index (κ3) is 3.79. The maximum Gasteiger partial charge on any atom is 0.0991 e. The summed E-state index contributed by atoms with van der Waals surface area (Å²) in [5.41, 5.74) is 3.21. The summed E-state index contributed by atoms with van der Waals surface area (Å²) < 4.78 is 6.05. The van der Waals surface area contributed by atoms with Crippen molar-refractivity contribution in [3.8, 4) is 6.07 Å². The number of ether oxygens (including phenoxy) is 1. The van der Waals surface area contributed by atoms with E-state index in [4.69, 9.17) is 10.00 Å². The Kier molecular flexibility index (Phi) is 5.07. The molecule has 0 bridgehead atoms. The first-order valence-electron chi connectivity index (χ1n) is 8.18. The second-order valence-corrected chi connectivity index (χ2v) is 6.00. The maximum atomic E-state index is 8.90. The molecule has 1 saturated heterocycles. The van der Waals surface area contributed by atoms with Gasteiger partial charge in [-0.1, -0.05) is 42.5 Å². The topological polar surface area (TPSA) is 36.3 Å². The molecule has 2 atom stereocenters. The van der Waals surface area contributed by atoms with E-state index in [0.29, 0.717) is 11.6 Å². The van der Waals surface area contributed by atoms with Gasteiger partial charge in [-0.3, -0.25) is 4.90 Å². The van der Waals surface area contributed by atoms with Crippen LogP contribution in [0.1, 0.15) is 42.2 Å². The largest absolute Gasteiger partial charge is 0.372 e. The molecule has 1 aliphatic rings. The lowest BCUT2D eigenvalue weighted by Gasteiger charge is -2.27. The molecule has 1 fully saturated rings. The van der Waals surface area contributed by atoms with E-state index in [1.54, 1.807) is 0 Å². The van der Waals surface area contributed by atoms with Gasteiger partial charge in [0, 0.05) is 19.1 Å². The summed E-state index contributed by atoms with van der Waals surface area (Å²) in [4.78, 5) is 2.49. The third-order valence-electron chi connectivity index (χ3n) is 4.62. The lowest BCUT2D eigenvalue weighted by Crippen LogP contribution is -2.29. The van der Waals surface area contributed by atoms with Gasteiger partial charge >= 0.3 is 0 Å². The first-order chi connectivity index (χ1) is 11.3. The van der Waals surface area contributed by atoms with Crippen LogP contribution in [-0.2, 0) is 4.74 Å². The quantitative estimate of drug-likeness (QED) is 0.857. The van der Waals surface area contributed by atoms with Crippen LogP contribution in [0.2, 0.25) is 0 Å². The van der Waals surface area contributed by atoms with Gasteiger partial charge in [0.05, 0.1) is 24.3 Å². The fourth-order valence-electron chi connectivity index (χ4n) is 3.16. The lowest BCUT2D eigenvalue weighted by atomic mass is 10.0. The minimum atomic E-state index is 0.121. The van der Waals surface area contributed by atoms with Gasteiger partial charge in [-0.15, -0.1) is 0 Å². The summed E-state index contributed by atoms with van der Waals surface area (Å²) in [6.07, 6.45) is 1.10. The fourth-order valence-corrected chi connectivity index (χ4v) is 3.16. The van der Waals surface area contributed by atoms with Crippen LogP contribution in [0.4, 0.5) is 0 Å². The molecule has 0 aromatic heterocycles. The Hall–Kier alpha value is -2.15. The Morgan fingerprint density at radius 3 is 2.52 bits per heavy atom. The number of rotatable bonds is 3. The van der Waals surface area contributed by atoms with E-state index in [1.807, 2.05) is 24.3 Å². The van der Waals surface area contributed by atoms with Gasteiger partial charge in [-0.05, 0) is 36.6 Å². The van der Waals surface area contributed by atoms with Crippen molar-refractivity contribution in [2.24, 2.45) is 0 Å². The summed E-state index contributed by atoms with van der Waals surface area (Å²) >= 11 is 0. The SMILES string of the molecule is CC(c1ccccc1)N1CCOC(c2ccc(C#N)cc2)CC1. The molecule has 0 N–H and O–H groups in total. The van der Waals surface area contributed by atoms with Crippen molar-refractivity contribution in [3.63, 3.8) is 0 Å². The van der Waals surface area contributed by atoms with Crippen LogP contribution in [0.5, 0.6) is 0 Å². The van der Waals surface area contributed by atoms with E-state index >= 15 is 0 Å². The number of nitriles is 1.